The minimum atomic E-state index is -1.01. The van der Waals surface area contributed by atoms with Crippen LogP contribution >= 0.6 is 0 Å². The number of nitriles is 1. The predicted octanol–water partition coefficient (Wildman–Crippen LogP) is 1.71. The minimum Gasteiger partial charge on any atom is -0.447 e. The van der Waals surface area contributed by atoms with Crippen molar-refractivity contribution in [2.45, 2.75) is 19.4 Å². The average molecular weight is 217 g/mol. The smallest absolute Gasteiger partial charge is 0.303 e. The first-order valence-corrected chi connectivity index (χ1v) is 4.78. The predicted molar refractivity (Wildman–Crippen MR) is 56.6 cm³/mol. The molecule has 0 aliphatic heterocycles. The largest absolute Gasteiger partial charge is 0.447 e. The summed E-state index contributed by atoms with van der Waals surface area (Å²) in [4.78, 5) is 22.3. The van der Waals surface area contributed by atoms with Gasteiger partial charge >= 0.3 is 5.97 Å². The van der Waals surface area contributed by atoms with Gasteiger partial charge in [-0.2, -0.15) is 5.26 Å². The Morgan fingerprint density at radius 1 is 1.38 bits per heavy atom. The molecule has 16 heavy (non-hydrogen) atoms. The van der Waals surface area contributed by atoms with Gasteiger partial charge in [-0.15, -0.1) is 0 Å². The second kappa shape index (κ2) is 5.66. The second-order valence-corrected chi connectivity index (χ2v) is 3.22. The van der Waals surface area contributed by atoms with Gasteiger partial charge in [-0.3, -0.25) is 9.59 Å². The third-order valence-corrected chi connectivity index (χ3v) is 1.92. The van der Waals surface area contributed by atoms with Crippen molar-refractivity contribution in [2.24, 2.45) is 0 Å². The third-order valence-electron chi connectivity index (χ3n) is 1.92. The van der Waals surface area contributed by atoms with E-state index in [1.54, 1.807) is 36.4 Å². The summed E-state index contributed by atoms with van der Waals surface area (Å²) in [7, 11) is 0. The quantitative estimate of drug-likeness (QED) is 0.568. The zero-order valence-electron chi connectivity index (χ0n) is 8.84. The number of esters is 1. The monoisotopic (exact) mass is 217 g/mol. The number of rotatable bonds is 4. The molecule has 82 valence electrons. The Balaban J connectivity index is 2.64. The van der Waals surface area contributed by atoms with Crippen LogP contribution < -0.4 is 0 Å². The van der Waals surface area contributed by atoms with Crippen LogP contribution in [-0.4, -0.2) is 17.9 Å². The van der Waals surface area contributed by atoms with E-state index in [0.717, 1.165) is 0 Å². The van der Waals surface area contributed by atoms with Gasteiger partial charge in [0.15, 0.2) is 11.9 Å². The van der Waals surface area contributed by atoms with Gasteiger partial charge in [0, 0.05) is 12.5 Å². The van der Waals surface area contributed by atoms with Gasteiger partial charge in [0.2, 0.25) is 0 Å². The number of Topliss-reactive ketones (excluding diaryl/α,β-unsaturated/α-hetero) is 1. The first-order valence-electron chi connectivity index (χ1n) is 4.78. The van der Waals surface area contributed by atoms with E-state index in [1.807, 2.05) is 0 Å². The molecule has 0 heterocycles. The van der Waals surface area contributed by atoms with Gasteiger partial charge in [0.05, 0.1) is 6.42 Å². The maximum Gasteiger partial charge on any atom is 0.303 e. The highest BCUT2D eigenvalue weighted by Crippen LogP contribution is 2.07. The lowest BCUT2D eigenvalue weighted by atomic mass is 10.1. The zero-order valence-corrected chi connectivity index (χ0v) is 8.84. The van der Waals surface area contributed by atoms with Crippen LogP contribution in [0.25, 0.3) is 0 Å². The van der Waals surface area contributed by atoms with Crippen LogP contribution in [0.2, 0.25) is 0 Å². The number of ether oxygens (including phenoxy) is 1. The highest BCUT2D eigenvalue weighted by atomic mass is 16.5. The SMILES string of the molecule is CC(=O)OC(C#N)CC(=O)c1ccccc1. The molecule has 1 atom stereocenters. The third kappa shape index (κ3) is 3.54. The standard InChI is InChI=1S/C12H11NO3/c1-9(14)16-11(8-13)7-12(15)10-5-3-2-4-6-10/h2-6,11H,7H2,1H3. The van der Waals surface area contributed by atoms with Crippen LogP contribution in [0.3, 0.4) is 0 Å². The molecule has 0 spiro atoms. The van der Waals surface area contributed by atoms with Crippen molar-refractivity contribution in [2.75, 3.05) is 0 Å². The van der Waals surface area contributed by atoms with Crippen molar-refractivity contribution in [3.8, 4) is 6.07 Å². The summed E-state index contributed by atoms with van der Waals surface area (Å²) >= 11 is 0. The summed E-state index contributed by atoms with van der Waals surface area (Å²) in [5.74, 6) is -0.777. The molecule has 0 aliphatic carbocycles. The van der Waals surface area contributed by atoms with E-state index in [0.29, 0.717) is 5.56 Å². The molecule has 0 saturated heterocycles. The first-order chi connectivity index (χ1) is 7.63. The number of carbonyl (C=O) groups excluding carboxylic acids is 2. The molecule has 0 aromatic heterocycles. The molecule has 0 fully saturated rings. The van der Waals surface area contributed by atoms with Gasteiger partial charge in [0.1, 0.15) is 6.07 Å². The van der Waals surface area contributed by atoms with E-state index in [4.69, 9.17) is 5.26 Å². The maximum atomic E-state index is 11.7. The van der Waals surface area contributed by atoms with Gasteiger partial charge in [-0.25, -0.2) is 0 Å². The number of benzene rings is 1. The number of ketones is 1. The minimum absolute atomic E-state index is 0.111. The lowest BCUT2D eigenvalue weighted by Gasteiger charge is -2.08. The molecular formula is C12H11NO3. The molecule has 4 heteroatoms. The summed E-state index contributed by atoms with van der Waals surface area (Å²) in [6.45, 7) is 1.21. The highest BCUT2D eigenvalue weighted by molar-refractivity contribution is 5.96. The molecular weight excluding hydrogens is 206 g/mol. The Hall–Kier alpha value is -2.15. The van der Waals surface area contributed by atoms with Crippen LogP contribution in [0, 0.1) is 11.3 Å². The van der Waals surface area contributed by atoms with E-state index >= 15 is 0 Å². The maximum absolute atomic E-state index is 11.7. The Bertz CT molecular complexity index is 420. The van der Waals surface area contributed by atoms with E-state index in [9.17, 15) is 9.59 Å². The molecule has 1 aromatic rings. The van der Waals surface area contributed by atoms with Crippen molar-refractivity contribution in [3.05, 3.63) is 35.9 Å². The van der Waals surface area contributed by atoms with Crippen LogP contribution in [-0.2, 0) is 9.53 Å². The Morgan fingerprint density at radius 2 is 2.00 bits per heavy atom. The van der Waals surface area contributed by atoms with Gasteiger partial charge in [0.25, 0.3) is 0 Å². The average Bonchev–Trinajstić information content (AvgIpc) is 2.28. The number of nitrogens with zero attached hydrogens (tertiary/aromatic N) is 1. The molecule has 0 aliphatic rings. The molecule has 0 N–H and O–H groups in total. The molecule has 0 bridgehead atoms. The zero-order chi connectivity index (χ0) is 12.0. The summed E-state index contributed by atoms with van der Waals surface area (Å²) < 4.78 is 4.67. The Labute approximate surface area is 93.5 Å². The number of hydrogen-bond acceptors (Lipinski definition) is 4. The fourth-order valence-electron chi connectivity index (χ4n) is 1.22. The van der Waals surface area contributed by atoms with Crippen LogP contribution in [0.1, 0.15) is 23.7 Å². The van der Waals surface area contributed by atoms with E-state index in [1.165, 1.54) is 6.92 Å². The van der Waals surface area contributed by atoms with Gasteiger partial charge in [-0.05, 0) is 0 Å². The molecule has 0 saturated carbocycles. The molecule has 1 rings (SSSR count). The topological polar surface area (TPSA) is 67.2 Å². The fraction of sp³-hybridized carbons (Fsp3) is 0.250. The van der Waals surface area contributed by atoms with E-state index < -0.39 is 12.1 Å². The van der Waals surface area contributed by atoms with Crippen molar-refractivity contribution in [1.29, 1.82) is 5.26 Å². The van der Waals surface area contributed by atoms with Crippen LogP contribution in [0.5, 0.6) is 0 Å². The summed E-state index contributed by atoms with van der Waals surface area (Å²) in [6, 6.07) is 10.4. The lowest BCUT2D eigenvalue weighted by Crippen LogP contribution is -2.18. The highest BCUT2D eigenvalue weighted by Gasteiger charge is 2.16. The molecule has 1 aromatic carbocycles. The Kier molecular flexibility index (Phi) is 4.22. The van der Waals surface area contributed by atoms with Crippen molar-refractivity contribution < 1.29 is 14.3 Å². The second-order valence-electron chi connectivity index (χ2n) is 3.22. The molecule has 0 radical (unpaired) electrons. The van der Waals surface area contributed by atoms with E-state index in [2.05, 4.69) is 4.74 Å². The summed E-state index contributed by atoms with van der Waals surface area (Å²) in [6.07, 6.45) is -1.12. The summed E-state index contributed by atoms with van der Waals surface area (Å²) in [5.41, 5.74) is 0.509. The van der Waals surface area contributed by atoms with Crippen LogP contribution in [0.4, 0.5) is 0 Å². The summed E-state index contributed by atoms with van der Waals surface area (Å²) in [5, 5.41) is 8.69. The number of carbonyl (C=O) groups is 2. The first kappa shape index (κ1) is 11.9. The normalized spacial score (nSPS) is 11.2. The van der Waals surface area contributed by atoms with Crippen molar-refractivity contribution in [3.63, 3.8) is 0 Å². The molecule has 1 unspecified atom stereocenters. The lowest BCUT2D eigenvalue weighted by molar-refractivity contribution is -0.143. The van der Waals surface area contributed by atoms with Crippen molar-refractivity contribution in [1.82, 2.24) is 0 Å². The van der Waals surface area contributed by atoms with Gasteiger partial charge < -0.3 is 4.74 Å². The number of hydrogen-bond donors (Lipinski definition) is 0. The van der Waals surface area contributed by atoms with Crippen LogP contribution in [0.15, 0.2) is 30.3 Å². The fourth-order valence-corrected chi connectivity index (χ4v) is 1.22. The van der Waals surface area contributed by atoms with Gasteiger partial charge in [-0.1, -0.05) is 30.3 Å². The van der Waals surface area contributed by atoms with E-state index in [-0.39, 0.29) is 12.2 Å². The Morgan fingerprint density at radius 3 is 2.50 bits per heavy atom. The van der Waals surface area contributed by atoms with Crippen molar-refractivity contribution >= 4 is 11.8 Å². The molecule has 4 nitrogen and oxygen atoms in total. The molecule has 0 amide bonds.